The number of nitrogens with zero attached hydrogens (tertiary/aromatic N) is 19. The summed E-state index contributed by atoms with van der Waals surface area (Å²) in [5, 5.41) is 73.2. The maximum absolute atomic E-state index is 14.0. The first-order chi connectivity index (χ1) is 68.7. The zero-order valence-electron chi connectivity index (χ0n) is 79.9. The number of carbonyl (C=O) groups excluding carboxylic acids is 4. The molecule has 0 aliphatic carbocycles. The van der Waals surface area contributed by atoms with Crippen molar-refractivity contribution in [2.24, 2.45) is 0 Å². The first-order valence-corrected chi connectivity index (χ1v) is 49.4. The minimum atomic E-state index is -2.67. The molecule has 14 heterocycles. The molecular weight excluding hydrogens is 1910 g/mol. The van der Waals surface area contributed by atoms with E-state index < -0.39 is 35.4 Å². The molecule has 13 N–H and O–H groups in total. The molecule has 4 aromatic carbocycles. The second kappa shape index (κ2) is 46.6. The number of piperidine rings is 1. The van der Waals surface area contributed by atoms with Crippen molar-refractivity contribution < 1.29 is 63.0 Å². The topological polar surface area (TPSA) is 510 Å². The van der Waals surface area contributed by atoms with E-state index in [1.165, 1.54) is 45.3 Å². The van der Waals surface area contributed by atoms with Gasteiger partial charge >= 0.3 is 24.1 Å². The van der Waals surface area contributed by atoms with E-state index in [1.54, 1.807) is 133 Å². The number of nitrogens with one attached hydrogen (secondary N) is 8. The van der Waals surface area contributed by atoms with Gasteiger partial charge in [-0.2, -0.15) is 0 Å². The molecular formula is C99H107F2N27O11S4. The van der Waals surface area contributed by atoms with Gasteiger partial charge < -0.3 is 56.3 Å². The van der Waals surface area contributed by atoms with Crippen LogP contribution in [0.15, 0.2) is 178 Å². The number of carbonyl (C=O) groups is 4. The number of likely N-dealkylation sites (tertiary alicyclic amines) is 1. The van der Waals surface area contributed by atoms with Gasteiger partial charge in [0.1, 0.15) is 28.7 Å². The van der Waals surface area contributed by atoms with Crippen molar-refractivity contribution in [3.63, 3.8) is 0 Å². The number of halogens is 2. The number of alkyl halides is 2. The fourth-order valence-electron chi connectivity index (χ4n) is 15.2. The first kappa shape index (κ1) is 103. The van der Waals surface area contributed by atoms with Gasteiger partial charge in [0.05, 0.1) is 103 Å². The predicted octanol–water partition coefficient (Wildman–Crippen LogP) is 16.3. The van der Waals surface area contributed by atoms with Gasteiger partial charge in [-0.05, 0) is 195 Å². The standard InChI is InChI=1S/C29H35N7O4S.C28H31F2N7O2S.C21H21N7O2S.C21H20N6O3S/c1-4-30-27(37)35-28-34-24-15-19(20-17-32-26(33-18-20)29(2,3)38)14-22(25(24)41-28)23-16-21(6-7-31-23)40-11-5-8-36-9-12-39-13-10-36;1-4-31-25(38)36-26-35-22-12-18(19-13-33-24(34-14-19)27(2,3)39)11-20(23(22)40-26)21-10-17(6-8-32-21)15-37-9-5-7-28(29,30)16-37;1-4-23-19(29)28-20-27-15-8-12(13-9-25-18(26-10-13)21(2,3)30)7-14(17(15)31-20)16-11-22-5-6-24-16;1-2-22-20(30)27-21-26-16-8-12(13-9-24-19(25-10-13)17(29)11-28)7-14(18(16)31-21)15-5-3-4-6-23-15/h6-7,14-18,38H,4-5,8-13H2,1-3H3,(H2,30,34,35,37);6,8,10-14,39H,4-5,7,9,15-16H2,1-3H3,(H2,31,35,36,38);5-11,30H,4H2,1-3H3,(H2,23,27,28,29);3-10,17,28-29H,2,11H2,1H3,(H2,22,26,27,30). The maximum Gasteiger partial charge on any atom is 0.321 e. The Hall–Kier alpha value is -14.3. The number of thiazole rings is 4. The molecule has 0 radical (unpaired) electrons. The molecule has 1 unspecified atom stereocenters. The van der Waals surface area contributed by atoms with E-state index in [0.29, 0.717) is 129 Å². The third kappa shape index (κ3) is 27.1. The predicted molar refractivity (Wildman–Crippen MR) is 549 cm³/mol. The van der Waals surface area contributed by atoms with E-state index >= 15 is 0 Å². The Morgan fingerprint density at radius 3 is 1.22 bits per heavy atom. The molecule has 16 aromatic rings. The number of aromatic nitrogens is 17. The van der Waals surface area contributed by atoms with E-state index in [1.807, 2.05) is 119 Å². The zero-order valence-corrected chi connectivity index (χ0v) is 83.2. The van der Waals surface area contributed by atoms with Crippen molar-refractivity contribution in [1.82, 2.24) is 116 Å². The summed E-state index contributed by atoms with van der Waals surface area (Å²) in [4.78, 5) is 128. The van der Waals surface area contributed by atoms with Crippen molar-refractivity contribution in [1.29, 1.82) is 0 Å². The molecule has 18 rings (SSSR count). The summed E-state index contributed by atoms with van der Waals surface area (Å²) in [7, 11) is 0. The number of fused-ring (bicyclic) bond motifs is 4. The maximum atomic E-state index is 14.0. The summed E-state index contributed by atoms with van der Waals surface area (Å²) >= 11 is 5.45. The second-order valence-electron chi connectivity index (χ2n) is 34.7. The lowest BCUT2D eigenvalue weighted by Crippen LogP contribution is -2.42. The quantitative estimate of drug-likeness (QED) is 0.0203. The van der Waals surface area contributed by atoms with Crippen LogP contribution in [0.1, 0.15) is 123 Å². The third-order valence-corrected chi connectivity index (χ3v) is 26.1. The third-order valence-electron chi connectivity index (χ3n) is 22.0. The Morgan fingerprint density at radius 2 is 0.839 bits per heavy atom. The molecule has 2 saturated heterocycles. The van der Waals surface area contributed by atoms with Gasteiger partial charge in [0.15, 0.2) is 43.8 Å². The number of anilines is 4. The van der Waals surface area contributed by atoms with Crippen LogP contribution in [0.25, 0.3) is 130 Å². The number of aliphatic hydroxyl groups excluding tert-OH is 2. The van der Waals surface area contributed by atoms with Crippen molar-refractivity contribution in [2.45, 2.75) is 124 Å². The minimum absolute atomic E-state index is 0.0750. The second-order valence-corrected chi connectivity index (χ2v) is 38.6. The molecule has 12 aromatic heterocycles. The molecule has 1 atom stereocenters. The minimum Gasteiger partial charge on any atom is -0.493 e. The van der Waals surface area contributed by atoms with E-state index in [-0.39, 0.29) is 42.9 Å². The largest absolute Gasteiger partial charge is 0.493 e. The SMILES string of the molecule is CCNC(=O)Nc1nc2cc(-c3cnc(C(C)(C)O)nc3)cc(-c3cc(CN4CCCC(F)(F)C4)ccn3)c2s1.CCNC(=O)Nc1nc2cc(-c3cnc(C(C)(C)O)nc3)cc(-c3cc(OCCCN4CCOCC4)ccn3)c2s1.CCNC(=O)Nc1nc2cc(-c3cnc(C(C)(C)O)nc3)cc(-c3cnccn3)c2s1.CCNC(=O)Nc1nc2cc(-c3cnc(C(O)CO)nc3)cc(-c3ccccn3)c2s1. The summed E-state index contributed by atoms with van der Waals surface area (Å²) < 4.78 is 43.0. The van der Waals surface area contributed by atoms with E-state index in [4.69, 9.17) is 14.6 Å². The molecule has 0 bridgehead atoms. The number of urea groups is 4. The van der Waals surface area contributed by atoms with E-state index in [9.17, 15) is 48.4 Å². The fraction of sp³-hybridized carbons (Fsp3) is 0.323. The summed E-state index contributed by atoms with van der Waals surface area (Å²) in [5.74, 6) is -0.804. The molecule has 0 spiro atoms. The summed E-state index contributed by atoms with van der Waals surface area (Å²) in [6, 6.07) is 27.5. The van der Waals surface area contributed by atoms with Crippen LogP contribution in [0.3, 0.4) is 0 Å². The Balaban J connectivity index is 0.000000145. The van der Waals surface area contributed by atoms with Crippen LogP contribution >= 0.6 is 45.3 Å². The van der Waals surface area contributed by atoms with Crippen molar-refractivity contribution in [3.05, 3.63) is 207 Å². The molecule has 2 aliphatic rings. The van der Waals surface area contributed by atoms with Crippen LogP contribution in [0.2, 0.25) is 0 Å². The summed E-state index contributed by atoms with van der Waals surface area (Å²) in [6.45, 7) is 24.6. The average molecular weight is 2020 g/mol. The van der Waals surface area contributed by atoms with Gasteiger partial charge in [-0.15, -0.1) is 0 Å². The van der Waals surface area contributed by atoms with Crippen LogP contribution in [-0.2, 0) is 28.1 Å². The Kier molecular flexibility index (Phi) is 33.6. The molecule has 8 amide bonds. The van der Waals surface area contributed by atoms with Crippen LogP contribution in [-0.4, -0.2) is 235 Å². The van der Waals surface area contributed by atoms with Gasteiger partial charge in [0.25, 0.3) is 5.92 Å². The van der Waals surface area contributed by atoms with Crippen molar-refractivity contribution >= 4 is 131 Å². The highest BCUT2D eigenvalue weighted by molar-refractivity contribution is 7.24. The summed E-state index contributed by atoms with van der Waals surface area (Å²) in [5.41, 5.74) is 12.7. The Morgan fingerprint density at radius 1 is 0.448 bits per heavy atom. The van der Waals surface area contributed by atoms with Gasteiger partial charge in [-0.1, -0.05) is 51.4 Å². The number of benzene rings is 4. The molecule has 38 nitrogen and oxygen atoms in total. The fourth-order valence-corrected chi connectivity index (χ4v) is 19.0. The highest BCUT2D eigenvalue weighted by Gasteiger charge is 2.36. The number of ether oxygens (including phenoxy) is 2. The first-order valence-electron chi connectivity index (χ1n) is 46.1. The number of morpholine rings is 1. The number of pyridine rings is 3. The Labute approximate surface area is 836 Å². The molecule has 2 aliphatic heterocycles. The lowest BCUT2D eigenvalue weighted by atomic mass is 10.0. The van der Waals surface area contributed by atoms with Crippen molar-refractivity contribution in [3.8, 4) is 95.3 Å². The van der Waals surface area contributed by atoms with E-state index in [0.717, 1.165) is 142 Å². The molecule has 742 valence electrons. The van der Waals surface area contributed by atoms with Gasteiger partial charge in [0.2, 0.25) is 0 Å². The van der Waals surface area contributed by atoms with Crippen LogP contribution in [0.4, 0.5) is 48.5 Å². The smallest absolute Gasteiger partial charge is 0.321 e. The Bertz CT molecular complexity index is 7100. The average Bonchev–Trinajstić information content (AvgIpc) is 1.73. The monoisotopic (exact) mass is 2020 g/mol. The molecule has 143 heavy (non-hydrogen) atoms. The van der Waals surface area contributed by atoms with Gasteiger partial charge in [-0.3, -0.25) is 56.0 Å². The molecule has 44 heteroatoms. The van der Waals surface area contributed by atoms with Crippen molar-refractivity contribution in [2.75, 3.05) is 107 Å². The number of aliphatic hydroxyl groups is 5. The lowest BCUT2D eigenvalue weighted by molar-refractivity contribution is -0.0661. The zero-order chi connectivity index (χ0) is 101. The lowest BCUT2D eigenvalue weighted by Gasteiger charge is -2.32. The van der Waals surface area contributed by atoms with E-state index in [2.05, 4.69) is 132 Å². The van der Waals surface area contributed by atoms with Crippen LogP contribution < -0.4 is 47.3 Å². The molecule has 2 fully saturated rings. The molecule has 0 saturated carbocycles. The number of rotatable bonds is 28. The van der Waals surface area contributed by atoms with Crippen LogP contribution in [0.5, 0.6) is 5.75 Å². The summed E-state index contributed by atoms with van der Waals surface area (Å²) in [6.07, 6.45) is 23.4. The normalized spacial score (nSPS) is 13.6. The number of amides is 8. The number of hydrogen-bond acceptors (Lipinski definition) is 34. The van der Waals surface area contributed by atoms with Crippen LogP contribution in [0, 0.1) is 0 Å². The van der Waals surface area contributed by atoms with Gasteiger partial charge in [0, 0.05) is 190 Å². The highest BCUT2D eigenvalue weighted by atomic mass is 32.1. The van der Waals surface area contributed by atoms with Gasteiger partial charge in [-0.25, -0.2) is 87.8 Å². The number of hydrogen-bond donors (Lipinski definition) is 13. The highest BCUT2D eigenvalue weighted by Crippen LogP contribution is 2.45.